The van der Waals surface area contributed by atoms with Crippen LogP contribution in [-0.2, 0) is 11.8 Å². The van der Waals surface area contributed by atoms with Gasteiger partial charge in [-0.15, -0.1) is 0 Å². The Bertz CT molecular complexity index is 537. The van der Waals surface area contributed by atoms with Crippen molar-refractivity contribution in [2.45, 2.75) is 13.8 Å². The minimum absolute atomic E-state index is 0.249. The first-order chi connectivity index (χ1) is 8.13. The van der Waals surface area contributed by atoms with Gasteiger partial charge in [-0.25, -0.2) is 9.78 Å². The van der Waals surface area contributed by atoms with Crippen molar-refractivity contribution in [3.05, 3.63) is 23.1 Å². The molecule has 0 radical (unpaired) electrons. The molecule has 0 unspecified atom stereocenters. The number of aromatic nitrogens is 3. The highest BCUT2D eigenvalue weighted by molar-refractivity contribution is 6.30. The first kappa shape index (κ1) is 13.4. The van der Waals surface area contributed by atoms with E-state index < -0.39 is 5.97 Å². The summed E-state index contributed by atoms with van der Waals surface area (Å²) in [6.07, 6.45) is 1.57. The molecule has 0 aliphatic heterocycles. The number of hydrogen-bond donors (Lipinski definition) is 0. The number of aryl methyl sites for hydroxylation is 1. The zero-order chi connectivity index (χ0) is 13.0. The van der Waals surface area contributed by atoms with E-state index in [1.54, 1.807) is 24.0 Å². The third kappa shape index (κ3) is 2.55. The molecule has 0 saturated carbocycles. The van der Waals surface area contributed by atoms with E-state index in [-0.39, 0.29) is 5.69 Å². The minimum Gasteiger partial charge on any atom is -0.464 e. The van der Waals surface area contributed by atoms with Gasteiger partial charge in [-0.05, 0) is 6.07 Å². The molecular weight excluding hydrogens is 242 g/mol. The van der Waals surface area contributed by atoms with Crippen LogP contribution < -0.4 is 0 Å². The Labute approximate surface area is 104 Å². The monoisotopic (exact) mass is 255 g/mol. The normalized spacial score (nSPS) is 9.71. The Hall–Kier alpha value is -1.62. The highest BCUT2D eigenvalue weighted by atomic mass is 35.5. The number of halogens is 1. The number of methoxy groups -OCH3 is 1. The lowest BCUT2D eigenvalue weighted by Gasteiger charge is -1.94. The maximum absolute atomic E-state index is 11.4. The van der Waals surface area contributed by atoms with Gasteiger partial charge in [0.05, 0.1) is 18.8 Å². The van der Waals surface area contributed by atoms with Crippen molar-refractivity contribution in [1.82, 2.24) is 14.8 Å². The third-order valence-corrected chi connectivity index (χ3v) is 2.29. The van der Waals surface area contributed by atoms with Crippen LogP contribution in [0.2, 0.25) is 5.15 Å². The second kappa shape index (κ2) is 5.63. The van der Waals surface area contributed by atoms with Gasteiger partial charge in [0.25, 0.3) is 0 Å². The topological polar surface area (TPSA) is 57.0 Å². The molecule has 0 N–H and O–H groups in total. The van der Waals surface area contributed by atoms with Crippen LogP contribution in [0, 0.1) is 0 Å². The Morgan fingerprint density at radius 2 is 2.12 bits per heavy atom. The fraction of sp³-hybridized carbons (Fsp3) is 0.364. The lowest BCUT2D eigenvalue weighted by molar-refractivity contribution is 0.0595. The van der Waals surface area contributed by atoms with Gasteiger partial charge < -0.3 is 4.74 Å². The van der Waals surface area contributed by atoms with E-state index in [1.165, 1.54) is 7.11 Å². The Morgan fingerprint density at radius 1 is 1.47 bits per heavy atom. The number of hydrogen-bond acceptors (Lipinski definition) is 4. The minimum atomic E-state index is -0.483. The van der Waals surface area contributed by atoms with Gasteiger partial charge >= 0.3 is 5.97 Å². The van der Waals surface area contributed by atoms with Crippen LogP contribution in [0.3, 0.4) is 0 Å². The van der Waals surface area contributed by atoms with E-state index in [9.17, 15) is 4.79 Å². The van der Waals surface area contributed by atoms with Crippen molar-refractivity contribution in [3.63, 3.8) is 0 Å². The molecule has 17 heavy (non-hydrogen) atoms. The number of fused-ring (bicyclic) bond motifs is 1. The fourth-order valence-corrected chi connectivity index (χ4v) is 1.53. The molecule has 2 aromatic heterocycles. The molecule has 2 heterocycles. The summed E-state index contributed by atoms with van der Waals surface area (Å²) in [4.78, 5) is 15.3. The highest BCUT2D eigenvalue weighted by Crippen LogP contribution is 2.20. The molecule has 5 nitrogen and oxygen atoms in total. The molecule has 0 fully saturated rings. The van der Waals surface area contributed by atoms with E-state index >= 15 is 0 Å². The number of rotatable bonds is 1. The zero-order valence-corrected chi connectivity index (χ0v) is 10.9. The fourth-order valence-electron chi connectivity index (χ4n) is 1.38. The summed E-state index contributed by atoms with van der Waals surface area (Å²) in [6, 6.07) is 1.59. The predicted molar refractivity (Wildman–Crippen MR) is 66.2 cm³/mol. The largest absolute Gasteiger partial charge is 0.464 e. The molecule has 0 aliphatic rings. The maximum Gasteiger partial charge on any atom is 0.359 e. The molecule has 0 bridgehead atoms. The van der Waals surface area contributed by atoms with Crippen LogP contribution in [-0.4, -0.2) is 27.8 Å². The molecule has 0 spiro atoms. The summed E-state index contributed by atoms with van der Waals surface area (Å²) in [6.45, 7) is 4.00. The smallest absolute Gasteiger partial charge is 0.359 e. The Kier molecular flexibility index (Phi) is 4.45. The van der Waals surface area contributed by atoms with Crippen LogP contribution in [0.1, 0.15) is 24.3 Å². The number of carbonyl (C=O) groups is 1. The lowest BCUT2D eigenvalue weighted by atomic mass is 10.2. The quantitative estimate of drug-likeness (QED) is 0.580. The molecule has 2 aromatic rings. The summed E-state index contributed by atoms with van der Waals surface area (Å²) in [5.74, 6) is -0.483. The summed E-state index contributed by atoms with van der Waals surface area (Å²) in [5.41, 5.74) is 0.985. The summed E-state index contributed by atoms with van der Waals surface area (Å²) in [5, 5.41) is 5.01. The standard InChI is InChI=1S/C9H8ClN3O2.C2H6/c1-13-6-4-11-7(10)3-5(6)8(12-13)9(14)15-2;1-2/h3-4H,1-2H3;1-2H3. The van der Waals surface area contributed by atoms with Crippen LogP contribution in [0.4, 0.5) is 0 Å². The van der Waals surface area contributed by atoms with Crippen LogP contribution >= 0.6 is 11.6 Å². The molecular formula is C11H14ClN3O2. The molecule has 0 aliphatic carbocycles. The van der Waals surface area contributed by atoms with Crippen LogP contribution in [0.15, 0.2) is 12.3 Å². The van der Waals surface area contributed by atoms with Crippen molar-refractivity contribution >= 4 is 28.5 Å². The van der Waals surface area contributed by atoms with Gasteiger partial charge in [-0.1, -0.05) is 25.4 Å². The van der Waals surface area contributed by atoms with Crippen molar-refractivity contribution in [1.29, 1.82) is 0 Å². The second-order valence-corrected chi connectivity index (χ2v) is 3.38. The van der Waals surface area contributed by atoms with Crippen molar-refractivity contribution in [2.24, 2.45) is 7.05 Å². The highest BCUT2D eigenvalue weighted by Gasteiger charge is 2.16. The predicted octanol–water partition coefficient (Wildman–Crippen LogP) is 2.43. The average molecular weight is 256 g/mol. The number of pyridine rings is 1. The molecule has 92 valence electrons. The van der Waals surface area contributed by atoms with Gasteiger partial charge in [0.15, 0.2) is 5.69 Å². The SMILES string of the molecule is CC.COC(=O)c1nn(C)c2cnc(Cl)cc12. The lowest BCUT2D eigenvalue weighted by Crippen LogP contribution is -2.03. The number of esters is 1. The molecule has 0 amide bonds. The van der Waals surface area contributed by atoms with E-state index in [0.717, 1.165) is 5.52 Å². The molecule has 0 saturated heterocycles. The van der Waals surface area contributed by atoms with Gasteiger partial charge in [0.1, 0.15) is 5.15 Å². The summed E-state index contributed by atoms with van der Waals surface area (Å²) < 4.78 is 6.18. The molecule has 0 atom stereocenters. The number of carbonyl (C=O) groups excluding carboxylic acids is 1. The second-order valence-electron chi connectivity index (χ2n) is 2.99. The Morgan fingerprint density at radius 3 is 2.71 bits per heavy atom. The van der Waals surface area contributed by atoms with Crippen molar-refractivity contribution < 1.29 is 9.53 Å². The van der Waals surface area contributed by atoms with Gasteiger partial charge in [0, 0.05) is 12.4 Å². The summed E-state index contributed by atoms with van der Waals surface area (Å²) >= 11 is 5.75. The molecule has 0 aromatic carbocycles. The van der Waals surface area contributed by atoms with E-state index in [4.69, 9.17) is 11.6 Å². The first-order valence-corrected chi connectivity index (χ1v) is 5.58. The molecule has 2 rings (SSSR count). The van der Waals surface area contributed by atoms with Crippen LogP contribution in [0.25, 0.3) is 10.9 Å². The van der Waals surface area contributed by atoms with E-state index in [1.807, 2.05) is 13.8 Å². The average Bonchev–Trinajstić information content (AvgIpc) is 2.68. The third-order valence-electron chi connectivity index (χ3n) is 2.08. The number of nitrogens with zero attached hydrogens (tertiary/aromatic N) is 3. The van der Waals surface area contributed by atoms with Crippen molar-refractivity contribution in [2.75, 3.05) is 7.11 Å². The zero-order valence-electron chi connectivity index (χ0n) is 10.2. The van der Waals surface area contributed by atoms with Gasteiger partial charge in [-0.3, -0.25) is 4.68 Å². The summed E-state index contributed by atoms with van der Waals surface area (Å²) in [7, 11) is 3.04. The van der Waals surface area contributed by atoms with Crippen molar-refractivity contribution in [3.8, 4) is 0 Å². The number of ether oxygens (including phenoxy) is 1. The van der Waals surface area contributed by atoms with E-state index in [2.05, 4.69) is 14.8 Å². The Balaban J connectivity index is 0.000000686. The first-order valence-electron chi connectivity index (χ1n) is 5.20. The maximum atomic E-state index is 11.4. The van der Waals surface area contributed by atoms with Gasteiger partial charge in [0.2, 0.25) is 0 Å². The van der Waals surface area contributed by atoms with E-state index in [0.29, 0.717) is 10.5 Å². The van der Waals surface area contributed by atoms with Crippen LogP contribution in [0.5, 0.6) is 0 Å². The molecule has 6 heteroatoms. The van der Waals surface area contributed by atoms with Gasteiger partial charge in [-0.2, -0.15) is 5.10 Å².